The maximum atomic E-state index is 14.8. The van der Waals surface area contributed by atoms with Crippen molar-refractivity contribution < 1.29 is 18.6 Å². The fraction of sp³-hybridized carbons (Fsp3) is 0.250. The molecule has 7 nitrogen and oxygen atoms in total. The van der Waals surface area contributed by atoms with Gasteiger partial charge in [-0.3, -0.25) is 4.98 Å². The van der Waals surface area contributed by atoms with Crippen molar-refractivity contribution in [3.05, 3.63) is 84.3 Å². The predicted molar refractivity (Wildman–Crippen MR) is 144 cm³/mol. The Bertz CT molecular complexity index is 1400. The van der Waals surface area contributed by atoms with Crippen LogP contribution in [0.5, 0.6) is 11.5 Å². The fourth-order valence-electron chi connectivity index (χ4n) is 4.28. The Morgan fingerprint density at radius 2 is 1.84 bits per heavy atom. The molecule has 0 amide bonds. The van der Waals surface area contributed by atoms with Gasteiger partial charge in [-0.25, -0.2) is 18.7 Å². The second kappa shape index (κ2) is 12.2. The largest absolute Gasteiger partial charge is 0.456 e. The first-order chi connectivity index (χ1) is 18.6. The molecule has 0 radical (unpaired) electrons. The average molecular weight is 536 g/mol. The smallest absolute Gasteiger partial charge is 0.223 e. The first-order valence-corrected chi connectivity index (χ1v) is 13.2. The number of pyridine rings is 1. The summed E-state index contributed by atoms with van der Waals surface area (Å²) < 4.78 is 37.9. The highest BCUT2D eigenvalue weighted by Crippen LogP contribution is 2.34. The van der Waals surface area contributed by atoms with Crippen molar-refractivity contribution in [2.45, 2.75) is 49.6 Å². The Hall–Kier alpha value is -3.76. The Morgan fingerprint density at radius 1 is 0.974 bits per heavy atom. The molecule has 1 aliphatic carbocycles. The van der Waals surface area contributed by atoms with Crippen LogP contribution in [-0.2, 0) is 6.61 Å². The van der Waals surface area contributed by atoms with E-state index in [2.05, 4.69) is 25.0 Å². The van der Waals surface area contributed by atoms with Crippen molar-refractivity contribution >= 4 is 23.6 Å². The normalized spacial score (nSPS) is 13.8. The molecule has 1 fully saturated rings. The molecule has 5 rings (SSSR count). The number of aliphatic hydroxyl groups is 1. The number of ether oxygens (including phenoxy) is 1. The minimum Gasteiger partial charge on any atom is -0.456 e. The third-order valence-corrected chi connectivity index (χ3v) is 7.14. The van der Waals surface area contributed by atoms with Gasteiger partial charge in [-0.2, -0.15) is 0 Å². The lowest BCUT2D eigenvalue weighted by Crippen LogP contribution is -2.23. The van der Waals surface area contributed by atoms with E-state index in [4.69, 9.17) is 9.84 Å². The summed E-state index contributed by atoms with van der Waals surface area (Å²) in [5.41, 5.74) is 1.94. The molecule has 38 heavy (non-hydrogen) atoms. The first-order valence-electron chi connectivity index (χ1n) is 12.4. The second-order valence-corrected chi connectivity index (χ2v) is 9.84. The van der Waals surface area contributed by atoms with Gasteiger partial charge in [0, 0.05) is 30.7 Å². The summed E-state index contributed by atoms with van der Waals surface area (Å²) in [5.74, 6) is 0.271. The van der Waals surface area contributed by atoms with Crippen molar-refractivity contribution in [2.75, 3.05) is 10.0 Å². The number of benzene rings is 2. The third kappa shape index (κ3) is 6.38. The van der Waals surface area contributed by atoms with Gasteiger partial charge in [0.1, 0.15) is 17.3 Å². The molecular weight excluding hydrogens is 508 g/mol. The summed E-state index contributed by atoms with van der Waals surface area (Å²) in [7, 11) is 0. The van der Waals surface area contributed by atoms with Gasteiger partial charge in [0.15, 0.2) is 5.82 Å². The fourth-order valence-corrected chi connectivity index (χ4v) is 4.95. The van der Waals surface area contributed by atoms with Gasteiger partial charge in [-0.05, 0) is 66.8 Å². The molecule has 1 saturated carbocycles. The number of halogens is 2. The molecule has 0 saturated heterocycles. The molecule has 1 aliphatic rings. The topological polar surface area (TPSA) is 92.2 Å². The molecule has 2 aromatic carbocycles. The van der Waals surface area contributed by atoms with Crippen LogP contribution < -0.4 is 14.8 Å². The maximum absolute atomic E-state index is 14.8. The van der Waals surface area contributed by atoms with Crippen molar-refractivity contribution in [2.24, 2.45) is 0 Å². The molecule has 10 heteroatoms. The number of anilines is 2. The molecule has 4 aromatic rings. The van der Waals surface area contributed by atoms with Gasteiger partial charge >= 0.3 is 0 Å². The molecule has 0 aliphatic heterocycles. The number of aromatic nitrogens is 3. The van der Waals surface area contributed by atoms with Crippen molar-refractivity contribution in [3.63, 3.8) is 0 Å². The zero-order valence-corrected chi connectivity index (χ0v) is 21.3. The lowest BCUT2D eigenvalue weighted by Gasteiger charge is -2.22. The number of hydrogen-bond acceptors (Lipinski definition) is 8. The molecule has 0 bridgehead atoms. The summed E-state index contributed by atoms with van der Waals surface area (Å²) in [5, 5.41) is 12.6. The van der Waals surface area contributed by atoms with E-state index in [1.807, 2.05) is 0 Å². The van der Waals surface area contributed by atoms with E-state index in [9.17, 15) is 8.78 Å². The summed E-state index contributed by atoms with van der Waals surface area (Å²) >= 11 is 0.941. The number of rotatable bonds is 9. The quantitative estimate of drug-likeness (QED) is 0.198. The van der Waals surface area contributed by atoms with Gasteiger partial charge in [0.05, 0.1) is 28.4 Å². The Labute approximate surface area is 223 Å². The van der Waals surface area contributed by atoms with Crippen LogP contribution in [0.3, 0.4) is 0 Å². The van der Waals surface area contributed by atoms with Gasteiger partial charge in [-0.15, -0.1) is 0 Å². The van der Waals surface area contributed by atoms with Crippen LogP contribution in [-0.4, -0.2) is 26.1 Å². The zero-order chi connectivity index (χ0) is 26.3. The summed E-state index contributed by atoms with van der Waals surface area (Å²) in [6, 6.07) is 12.6. The third-order valence-electron chi connectivity index (χ3n) is 6.27. The van der Waals surface area contributed by atoms with E-state index in [0.717, 1.165) is 24.8 Å². The Balaban J connectivity index is 1.29. The maximum Gasteiger partial charge on any atom is 0.223 e. The number of aliphatic hydroxyl groups excluding tert-OH is 1. The molecular formula is C28H27F2N5O2S. The molecule has 0 atom stereocenters. The SMILES string of the molecule is OCc1ccc(SNc2ccc(Oc3ccncc3-c3ccnc(NC4CCCCC4)n3)cc2F)c(F)c1. The van der Waals surface area contributed by atoms with Crippen LogP contribution in [0.15, 0.2) is 72.0 Å². The van der Waals surface area contributed by atoms with Crippen LogP contribution in [0, 0.1) is 11.6 Å². The van der Waals surface area contributed by atoms with Crippen molar-refractivity contribution in [1.82, 2.24) is 15.0 Å². The molecule has 2 aromatic heterocycles. The predicted octanol–water partition coefficient (Wildman–Crippen LogP) is 6.97. The van der Waals surface area contributed by atoms with E-state index >= 15 is 0 Å². The molecule has 3 N–H and O–H groups in total. The van der Waals surface area contributed by atoms with E-state index < -0.39 is 11.6 Å². The highest BCUT2D eigenvalue weighted by molar-refractivity contribution is 8.00. The first kappa shape index (κ1) is 25.9. The van der Waals surface area contributed by atoms with Gasteiger partial charge in [-0.1, -0.05) is 25.3 Å². The molecule has 0 unspecified atom stereocenters. The average Bonchev–Trinajstić information content (AvgIpc) is 2.94. The Kier molecular flexibility index (Phi) is 8.30. The second-order valence-electron chi connectivity index (χ2n) is 8.99. The number of nitrogens with one attached hydrogen (secondary N) is 2. The van der Waals surface area contributed by atoms with E-state index in [-0.39, 0.29) is 17.2 Å². The van der Waals surface area contributed by atoms with Gasteiger partial charge in [0.2, 0.25) is 5.95 Å². The van der Waals surface area contributed by atoms with Crippen LogP contribution in [0.1, 0.15) is 37.7 Å². The lowest BCUT2D eigenvalue weighted by molar-refractivity contribution is 0.281. The van der Waals surface area contributed by atoms with Crippen LogP contribution in [0.2, 0.25) is 0 Å². The van der Waals surface area contributed by atoms with Crippen molar-refractivity contribution in [3.8, 4) is 22.8 Å². The minimum atomic E-state index is -0.556. The summed E-state index contributed by atoms with van der Waals surface area (Å²) in [4.78, 5) is 13.5. The standard InChI is InChI=1S/C28H27F2N5O2S/c29-22-15-20(7-8-25(22)35-38-27-9-6-18(17-36)14-23(27)30)37-26-11-12-31-16-21(26)24-10-13-32-28(34-24)33-19-4-2-1-3-5-19/h6-16,19,35-36H,1-5,17H2,(H,32,33,34). The van der Waals surface area contributed by atoms with E-state index in [0.29, 0.717) is 40.3 Å². The monoisotopic (exact) mass is 535 g/mol. The lowest BCUT2D eigenvalue weighted by atomic mass is 9.96. The van der Waals surface area contributed by atoms with Crippen LogP contribution in [0.25, 0.3) is 11.3 Å². The summed E-state index contributed by atoms with van der Waals surface area (Å²) in [6.45, 7) is -0.250. The van der Waals surface area contributed by atoms with Gasteiger partial charge in [0.25, 0.3) is 0 Å². The van der Waals surface area contributed by atoms with Crippen LogP contribution >= 0.6 is 11.9 Å². The highest BCUT2D eigenvalue weighted by Gasteiger charge is 2.16. The van der Waals surface area contributed by atoms with Crippen LogP contribution in [0.4, 0.5) is 20.4 Å². The summed E-state index contributed by atoms with van der Waals surface area (Å²) in [6.07, 6.45) is 10.8. The number of hydrogen-bond donors (Lipinski definition) is 3. The Morgan fingerprint density at radius 3 is 2.63 bits per heavy atom. The zero-order valence-electron chi connectivity index (χ0n) is 20.5. The molecule has 0 spiro atoms. The number of nitrogens with zero attached hydrogens (tertiary/aromatic N) is 3. The van der Waals surface area contributed by atoms with Crippen molar-refractivity contribution in [1.29, 1.82) is 0 Å². The minimum absolute atomic E-state index is 0.178. The van der Waals surface area contributed by atoms with E-state index in [1.54, 1.807) is 42.9 Å². The molecule has 196 valence electrons. The molecule has 2 heterocycles. The highest BCUT2D eigenvalue weighted by atomic mass is 32.2. The van der Waals surface area contributed by atoms with E-state index in [1.165, 1.54) is 43.5 Å². The van der Waals surface area contributed by atoms with Gasteiger partial charge < -0.3 is 19.9 Å².